The van der Waals surface area contributed by atoms with Gasteiger partial charge in [0, 0.05) is 62.2 Å². The minimum atomic E-state index is -1.51. The SMILES string of the molecule is COC(C=O)(OC)OC.[Nd]. The number of hydrogen-bond donors (Lipinski definition) is 0. The van der Waals surface area contributed by atoms with Crippen molar-refractivity contribution >= 4 is 6.29 Å². The number of hydrogen-bond acceptors (Lipinski definition) is 4. The standard InChI is InChI=1S/C5H10O4.Nd/c1-7-5(4-6,8-2)9-3;/h4H,1-3H3;. The predicted molar refractivity (Wildman–Crippen MR) is 29.8 cm³/mol. The Morgan fingerprint density at radius 3 is 1.40 bits per heavy atom. The summed E-state index contributed by atoms with van der Waals surface area (Å²) in [5.74, 6) is -1.51. The van der Waals surface area contributed by atoms with E-state index in [-0.39, 0.29) is 40.8 Å². The van der Waals surface area contributed by atoms with E-state index in [0.29, 0.717) is 6.29 Å². The molecule has 0 N–H and O–H groups in total. The topological polar surface area (TPSA) is 44.8 Å². The van der Waals surface area contributed by atoms with Crippen LogP contribution in [0.25, 0.3) is 0 Å². The van der Waals surface area contributed by atoms with Gasteiger partial charge >= 0.3 is 5.97 Å². The van der Waals surface area contributed by atoms with Gasteiger partial charge in [0.15, 0.2) is 0 Å². The van der Waals surface area contributed by atoms with Gasteiger partial charge in [0.05, 0.1) is 0 Å². The van der Waals surface area contributed by atoms with Crippen LogP contribution in [-0.4, -0.2) is 33.6 Å². The molecule has 0 aliphatic rings. The zero-order valence-corrected chi connectivity index (χ0v) is 9.42. The molecule has 0 aromatic rings. The molecule has 0 aromatic carbocycles. The van der Waals surface area contributed by atoms with Crippen LogP contribution in [0.1, 0.15) is 0 Å². The van der Waals surface area contributed by atoms with E-state index in [0.717, 1.165) is 0 Å². The summed E-state index contributed by atoms with van der Waals surface area (Å²) in [7, 11) is 3.96. The van der Waals surface area contributed by atoms with Crippen molar-refractivity contribution in [1.29, 1.82) is 0 Å². The van der Waals surface area contributed by atoms with Crippen LogP contribution >= 0.6 is 0 Å². The normalized spacial score (nSPS) is 10.3. The van der Waals surface area contributed by atoms with Gasteiger partial charge in [0.1, 0.15) is 0 Å². The third-order valence-electron chi connectivity index (χ3n) is 0.998. The van der Waals surface area contributed by atoms with E-state index in [1.54, 1.807) is 0 Å². The predicted octanol–water partition coefficient (Wildman–Crippen LogP) is -0.222. The molecule has 0 saturated carbocycles. The average molecular weight is 278 g/mol. The van der Waals surface area contributed by atoms with E-state index < -0.39 is 5.97 Å². The zero-order valence-electron chi connectivity index (χ0n) is 6.21. The third-order valence-corrected chi connectivity index (χ3v) is 0.998. The Bertz CT molecular complexity index is 83.4. The Balaban J connectivity index is 0. The zero-order chi connectivity index (χ0) is 7.33. The van der Waals surface area contributed by atoms with Gasteiger partial charge in [-0.05, 0) is 0 Å². The summed E-state index contributed by atoms with van der Waals surface area (Å²) in [6.07, 6.45) is 0.437. The first kappa shape index (κ1) is 13.5. The van der Waals surface area contributed by atoms with Gasteiger partial charge in [0.2, 0.25) is 6.29 Å². The second-order valence-corrected chi connectivity index (χ2v) is 1.33. The smallest absolute Gasteiger partial charge is 0.325 e. The van der Waals surface area contributed by atoms with Gasteiger partial charge in [-0.1, -0.05) is 0 Å². The number of carbonyl (C=O) groups excluding carboxylic acids is 1. The summed E-state index contributed by atoms with van der Waals surface area (Å²) >= 11 is 0. The van der Waals surface area contributed by atoms with Crippen LogP contribution in [0, 0.1) is 40.8 Å². The molecule has 5 heteroatoms. The van der Waals surface area contributed by atoms with Crippen LogP contribution in [0.5, 0.6) is 0 Å². The fourth-order valence-electron chi connectivity index (χ4n) is 0.394. The number of aldehydes is 1. The Morgan fingerprint density at radius 2 is 1.40 bits per heavy atom. The summed E-state index contributed by atoms with van der Waals surface area (Å²) < 4.78 is 13.7. The van der Waals surface area contributed by atoms with Crippen molar-refractivity contribution in [3.8, 4) is 0 Å². The molecule has 0 atom stereocenters. The van der Waals surface area contributed by atoms with Crippen molar-refractivity contribution in [1.82, 2.24) is 0 Å². The molecule has 0 bridgehead atoms. The molecule has 0 fully saturated rings. The number of rotatable bonds is 4. The fraction of sp³-hybridized carbons (Fsp3) is 0.800. The van der Waals surface area contributed by atoms with Gasteiger partial charge in [-0.15, -0.1) is 0 Å². The molecule has 0 aliphatic heterocycles. The molecule has 4 nitrogen and oxygen atoms in total. The van der Waals surface area contributed by atoms with Crippen LogP contribution in [-0.2, 0) is 19.0 Å². The molecule has 0 spiro atoms. The van der Waals surface area contributed by atoms with Gasteiger partial charge in [-0.3, -0.25) is 4.79 Å². The molecular weight excluding hydrogens is 268 g/mol. The fourth-order valence-corrected chi connectivity index (χ4v) is 0.394. The van der Waals surface area contributed by atoms with Crippen LogP contribution in [0.4, 0.5) is 0 Å². The van der Waals surface area contributed by atoms with E-state index >= 15 is 0 Å². The quantitative estimate of drug-likeness (QED) is 0.527. The monoisotopic (exact) mass is 276 g/mol. The first-order chi connectivity index (χ1) is 4.24. The van der Waals surface area contributed by atoms with Crippen LogP contribution < -0.4 is 0 Å². The van der Waals surface area contributed by atoms with E-state index in [1.807, 2.05) is 0 Å². The summed E-state index contributed by atoms with van der Waals surface area (Å²) in [5, 5.41) is 0. The van der Waals surface area contributed by atoms with E-state index in [4.69, 9.17) is 0 Å². The van der Waals surface area contributed by atoms with Gasteiger partial charge in [-0.2, -0.15) is 0 Å². The maximum Gasteiger partial charge on any atom is 0.342 e. The van der Waals surface area contributed by atoms with Crippen molar-refractivity contribution < 1.29 is 59.8 Å². The van der Waals surface area contributed by atoms with Gasteiger partial charge in [-0.25, -0.2) is 0 Å². The molecule has 0 radical (unpaired) electrons. The molecule has 0 rings (SSSR count). The number of ether oxygens (including phenoxy) is 3. The summed E-state index contributed by atoms with van der Waals surface area (Å²) in [5.41, 5.74) is 0. The summed E-state index contributed by atoms with van der Waals surface area (Å²) in [4.78, 5) is 10.1. The second kappa shape index (κ2) is 6.60. The van der Waals surface area contributed by atoms with Crippen molar-refractivity contribution in [3.05, 3.63) is 0 Å². The molecule has 0 saturated heterocycles. The second-order valence-electron chi connectivity index (χ2n) is 1.33. The summed E-state index contributed by atoms with van der Waals surface area (Å²) in [6, 6.07) is 0. The number of methoxy groups -OCH3 is 3. The van der Waals surface area contributed by atoms with Crippen LogP contribution in [0.3, 0.4) is 0 Å². The van der Waals surface area contributed by atoms with Crippen molar-refractivity contribution in [2.24, 2.45) is 0 Å². The van der Waals surface area contributed by atoms with E-state index in [9.17, 15) is 4.79 Å². The third kappa shape index (κ3) is 3.34. The minimum Gasteiger partial charge on any atom is -0.325 e. The molecule has 0 unspecified atom stereocenters. The van der Waals surface area contributed by atoms with Crippen molar-refractivity contribution in [2.45, 2.75) is 5.97 Å². The van der Waals surface area contributed by atoms with Gasteiger partial charge < -0.3 is 14.2 Å². The maximum atomic E-state index is 10.1. The molecule has 10 heavy (non-hydrogen) atoms. The van der Waals surface area contributed by atoms with Crippen molar-refractivity contribution in [3.63, 3.8) is 0 Å². The molecular formula is C5H10NdO4. The maximum absolute atomic E-state index is 10.1. The Morgan fingerprint density at radius 1 is 1.10 bits per heavy atom. The Labute approximate surface area is 92.7 Å². The molecule has 58 valence electrons. The first-order valence-electron chi connectivity index (χ1n) is 2.36. The van der Waals surface area contributed by atoms with Crippen LogP contribution in [0.15, 0.2) is 0 Å². The Hall–Kier alpha value is 0.901. The van der Waals surface area contributed by atoms with Gasteiger partial charge in [0.25, 0.3) is 0 Å². The molecule has 0 aromatic heterocycles. The number of carbonyl (C=O) groups is 1. The average Bonchev–Trinajstić information content (AvgIpc) is 1.95. The van der Waals surface area contributed by atoms with E-state index in [1.165, 1.54) is 21.3 Å². The minimum absolute atomic E-state index is 0. The largest absolute Gasteiger partial charge is 0.342 e. The molecule has 0 aliphatic carbocycles. The molecule has 0 heterocycles. The van der Waals surface area contributed by atoms with E-state index in [2.05, 4.69) is 14.2 Å². The first-order valence-corrected chi connectivity index (χ1v) is 2.36. The van der Waals surface area contributed by atoms with Crippen LogP contribution in [0.2, 0.25) is 0 Å². The van der Waals surface area contributed by atoms with Crippen molar-refractivity contribution in [2.75, 3.05) is 21.3 Å². The molecule has 0 amide bonds. The summed E-state index contributed by atoms with van der Waals surface area (Å²) in [6.45, 7) is 0. The Kier molecular flexibility index (Phi) is 8.90.